The van der Waals surface area contributed by atoms with Crippen molar-refractivity contribution in [2.75, 3.05) is 11.3 Å². The summed E-state index contributed by atoms with van der Waals surface area (Å²) >= 11 is 1.75. The van der Waals surface area contributed by atoms with Crippen molar-refractivity contribution < 1.29 is 4.79 Å². The molecule has 0 aromatic heterocycles. The number of piperidine rings is 1. The average Bonchev–Trinajstić information content (AvgIpc) is 2.99. The van der Waals surface area contributed by atoms with Gasteiger partial charge in [0.1, 0.15) is 0 Å². The van der Waals surface area contributed by atoms with Gasteiger partial charge in [-0.2, -0.15) is 0 Å². The molecule has 2 N–H and O–H groups in total. The Morgan fingerprint density at radius 2 is 1.79 bits per heavy atom. The average molecular weight is 339 g/mol. The Morgan fingerprint density at radius 1 is 1.04 bits per heavy atom. The minimum atomic E-state index is -0.00307. The molecule has 2 aromatic rings. The number of hydrogen-bond donors (Lipinski definition) is 2. The number of fused-ring (bicyclic) bond motifs is 1. The number of thioether (sulfide) groups is 1. The highest BCUT2D eigenvalue weighted by atomic mass is 32.2. The summed E-state index contributed by atoms with van der Waals surface area (Å²) in [4.78, 5) is 14.0. The third-order valence-electron chi connectivity index (χ3n) is 4.89. The zero-order chi connectivity index (χ0) is 16.5. The van der Waals surface area contributed by atoms with E-state index in [1.54, 1.807) is 16.8 Å². The van der Waals surface area contributed by atoms with Gasteiger partial charge < -0.3 is 0 Å². The lowest BCUT2D eigenvalue weighted by Crippen LogP contribution is -2.49. The van der Waals surface area contributed by atoms with E-state index in [0.717, 1.165) is 18.5 Å². The zero-order valence-electron chi connectivity index (χ0n) is 13.6. The SMILES string of the molecule is CSc1ccc(C2CCC3C(=O)N(c4ccccc4)NC3N2)cc1. The van der Waals surface area contributed by atoms with Crippen LogP contribution in [0.15, 0.2) is 59.5 Å². The topological polar surface area (TPSA) is 44.4 Å². The fourth-order valence-corrected chi connectivity index (χ4v) is 3.98. The molecule has 0 radical (unpaired) electrons. The summed E-state index contributed by atoms with van der Waals surface area (Å²) in [6, 6.07) is 18.8. The predicted octanol–water partition coefficient (Wildman–Crippen LogP) is 3.33. The quantitative estimate of drug-likeness (QED) is 0.842. The predicted molar refractivity (Wildman–Crippen MR) is 97.7 cm³/mol. The summed E-state index contributed by atoms with van der Waals surface area (Å²) in [6.45, 7) is 0. The standard InChI is InChI=1S/C19H21N3OS/c1-24-15-9-7-13(8-10-15)17-12-11-16-18(20-17)21-22(19(16)23)14-5-3-2-4-6-14/h2-10,16-18,20-21H,11-12H2,1H3. The first kappa shape index (κ1) is 15.7. The van der Waals surface area contributed by atoms with Crippen LogP contribution in [0.3, 0.4) is 0 Å². The van der Waals surface area contributed by atoms with Gasteiger partial charge in [-0.15, -0.1) is 11.8 Å². The molecule has 4 rings (SSSR count). The molecule has 0 aliphatic carbocycles. The van der Waals surface area contributed by atoms with Crippen LogP contribution in [-0.4, -0.2) is 18.3 Å². The summed E-state index contributed by atoms with van der Waals surface area (Å²) in [5.74, 6) is 0.168. The van der Waals surface area contributed by atoms with Crippen LogP contribution in [0.5, 0.6) is 0 Å². The zero-order valence-corrected chi connectivity index (χ0v) is 14.4. The Bertz CT molecular complexity index is 719. The van der Waals surface area contributed by atoms with Gasteiger partial charge in [0.2, 0.25) is 5.91 Å². The molecule has 2 aliphatic rings. The van der Waals surface area contributed by atoms with E-state index in [1.807, 2.05) is 30.3 Å². The summed E-state index contributed by atoms with van der Waals surface area (Å²) in [7, 11) is 0. The summed E-state index contributed by atoms with van der Waals surface area (Å²) < 4.78 is 0. The lowest BCUT2D eigenvalue weighted by molar-refractivity contribution is -0.121. The number of para-hydroxylation sites is 1. The molecular formula is C19H21N3OS. The van der Waals surface area contributed by atoms with E-state index in [0.29, 0.717) is 0 Å². The van der Waals surface area contributed by atoms with Crippen molar-refractivity contribution in [2.45, 2.75) is 29.9 Å². The van der Waals surface area contributed by atoms with Crippen LogP contribution < -0.4 is 15.8 Å². The fraction of sp³-hybridized carbons (Fsp3) is 0.316. The number of amides is 1. The van der Waals surface area contributed by atoms with E-state index in [9.17, 15) is 4.79 Å². The second kappa shape index (κ2) is 6.59. The highest BCUT2D eigenvalue weighted by Crippen LogP contribution is 2.34. The lowest BCUT2D eigenvalue weighted by atomic mass is 9.89. The third-order valence-corrected chi connectivity index (χ3v) is 5.63. The van der Waals surface area contributed by atoms with Gasteiger partial charge in [0, 0.05) is 10.9 Å². The number of carbonyl (C=O) groups excluding carboxylic acids is 1. The van der Waals surface area contributed by atoms with Gasteiger partial charge >= 0.3 is 0 Å². The van der Waals surface area contributed by atoms with Crippen molar-refractivity contribution in [1.29, 1.82) is 0 Å². The van der Waals surface area contributed by atoms with Crippen LogP contribution in [-0.2, 0) is 4.79 Å². The van der Waals surface area contributed by atoms with Gasteiger partial charge in [-0.3, -0.25) is 10.1 Å². The number of nitrogens with zero attached hydrogens (tertiary/aromatic N) is 1. The molecule has 2 aromatic carbocycles. The molecule has 0 spiro atoms. The number of benzene rings is 2. The summed E-state index contributed by atoms with van der Waals surface area (Å²) in [5, 5.41) is 5.31. The molecule has 3 unspecified atom stereocenters. The van der Waals surface area contributed by atoms with Crippen LogP contribution in [0, 0.1) is 5.92 Å². The summed E-state index contributed by atoms with van der Waals surface area (Å²) in [5.41, 5.74) is 5.54. The smallest absolute Gasteiger partial charge is 0.247 e. The minimum absolute atomic E-state index is 0.00307. The number of rotatable bonds is 3. The van der Waals surface area contributed by atoms with Gasteiger partial charge in [0.25, 0.3) is 0 Å². The Kier molecular flexibility index (Phi) is 4.31. The van der Waals surface area contributed by atoms with Gasteiger partial charge in [-0.25, -0.2) is 10.4 Å². The largest absolute Gasteiger partial charge is 0.293 e. The molecule has 124 valence electrons. The molecule has 0 bridgehead atoms. The minimum Gasteiger partial charge on any atom is -0.293 e. The molecule has 2 heterocycles. The first-order valence-electron chi connectivity index (χ1n) is 8.31. The van der Waals surface area contributed by atoms with Gasteiger partial charge in [-0.05, 0) is 48.9 Å². The highest BCUT2D eigenvalue weighted by Gasteiger charge is 2.44. The Labute approximate surface area is 146 Å². The third kappa shape index (κ3) is 2.83. The number of anilines is 1. The number of carbonyl (C=O) groups is 1. The number of nitrogens with one attached hydrogen (secondary N) is 2. The van der Waals surface area contributed by atoms with Crippen molar-refractivity contribution in [3.05, 3.63) is 60.2 Å². The molecular weight excluding hydrogens is 318 g/mol. The Morgan fingerprint density at radius 3 is 2.50 bits per heavy atom. The van der Waals surface area contributed by atoms with E-state index in [1.165, 1.54) is 10.5 Å². The molecule has 2 fully saturated rings. The molecule has 1 amide bonds. The first-order valence-corrected chi connectivity index (χ1v) is 9.54. The molecule has 5 heteroatoms. The monoisotopic (exact) mass is 339 g/mol. The fourth-order valence-electron chi connectivity index (χ4n) is 3.57. The summed E-state index contributed by atoms with van der Waals surface area (Å²) in [6.07, 6.45) is 3.97. The number of hydrazine groups is 1. The van der Waals surface area contributed by atoms with Crippen molar-refractivity contribution in [3.63, 3.8) is 0 Å². The Hall–Kier alpha value is -1.82. The molecule has 24 heavy (non-hydrogen) atoms. The second-order valence-electron chi connectivity index (χ2n) is 6.29. The van der Waals surface area contributed by atoms with Gasteiger partial charge in [0.05, 0.1) is 17.8 Å². The van der Waals surface area contributed by atoms with E-state index in [4.69, 9.17) is 0 Å². The second-order valence-corrected chi connectivity index (χ2v) is 7.17. The van der Waals surface area contributed by atoms with Gasteiger partial charge in [0.15, 0.2) is 0 Å². The van der Waals surface area contributed by atoms with Crippen molar-refractivity contribution in [3.8, 4) is 0 Å². The van der Waals surface area contributed by atoms with Crippen molar-refractivity contribution in [1.82, 2.24) is 10.7 Å². The maximum Gasteiger partial charge on any atom is 0.247 e. The number of hydrogen-bond acceptors (Lipinski definition) is 4. The van der Waals surface area contributed by atoms with E-state index in [2.05, 4.69) is 41.3 Å². The van der Waals surface area contributed by atoms with Crippen molar-refractivity contribution in [2.24, 2.45) is 5.92 Å². The van der Waals surface area contributed by atoms with E-state index in [-0.39, 0.29) is 24.0 Å². The molecule has 0 saturated carbocycles. The van der Waals surface area contributed by atoms with Crippen molar-refractivity contribution >= 4 is 23.4 Å². The van der Waals surface area contributed by atoms with Crippen LogP contribution in [0.4, 0.5) is 5.69 Å². The molecule has 2 aliphatic heterocycles. The normalized spacial score (nSPS) is 26.5. The van der Waals surface area contributed by atoms with E-state index < -0.39 is 0 Å². The lowest BCUT2D eigenvalue weighted by Gasteiger charge is -2.31. The maximum absolute atomic E-state index is 12.7. The van der Waals surface area contributed by atoms with Crippen LogP contribution in [0.25, 0.3) is 0 Å². The van der Waals surface area contributed by atoms with E-state index >= 15 is 0 Å². The highest BCUT2D eigenvalue weighted by molar-refractivity contribution is 7.98. The molecule has 4 nitrogen and oxygen atoms in total. The molecule has 2 saturated heterocycles. The van der Waals surface area contributed by atoms with Crippen LogP contribution in [0.2, 0.25) is 0 Å². The first-order chi connectivity index (χ1) is 11.8. The maximum atomic E-state index is 12.7. The Balaban J connectivity index is 1.50. The van der Waals surface area contributed by atoms with Crippen LogP contribution in [0.1, 0.15) is 24.4 Å². The molecule has 3 atom stereocenters. The van der Waals surface area contributed by atoms with Gasteiger partial charge in [-0.1, -0.05) is 30.3 Å². The van der Waals surface area contributed by atoms with Crippen LogP contribution >= 0.6 is 11.8 Å².